The second kappa shape index (κ2) is 12.3. The lowest BCUT2D eigenvalue weighted by atomic mass is 9.91. The molecule has 230 valence electrons. The maximum Gasteiger partial charge on any atom is 0.136 e. The van der Waals surface area contributed by atoms with E-state index in [0.717, 1.165) is 55.6 Å². The van der Waals surface area contributed by atoms with E-state index in [1.54, 1.807) is 6.07 Å². The first kappa shape index (κ1) is 22.2. The van der Waals surface area contributed by atoms with Crippen LogP contribution in [0, 0.1) is 0 Å². The van der Waals surface area contributed by atoms with Gasteiger partial charge in [-0.2, -0.15) is 0 Å². The van der Waals surface area contributed by atoms with Gasteiger partial charge >= 0.3 is 0 Å². The lowest BCUT2D eigenvalue weighted by Crippen LogP contribution is -1.88. The lowest BCUT2D eigenvalue weighted by molar-refractivity contribution is 0.669. The summed E-state index contributed by atoms with van der Waals surface area (Å²) in [5.41, 5.74) is 11.0. The van der Waals surface area contributed by atoms with E-state index in [2.05, 4.69) is 91.0 Å². The van der Waals surface area contributed by atoms with Gasteiger partial charge in [-0.25, -0.2) is 0 Å². The van der Waals surface area contributed by atoms with E-state index in [1.807, 2.05) is 54.6 Å². The summed E-state index contributed by atoms with van der Waals surface area (Å²) in [7, 11) is 0. The number of para-hydroxylation sites is 1. The average Bonchev–Trinajstić information content (AvgIpc) is 3.67. The maximum atomic E-state index is 9.21. The molecule has 0 radical (unpaired) electrons. The molecule has 0 saturated heterocycles. The summed E-state index contributed by atoms with van der Waals surface area (Å²) in [4.78, 5) is 0. The molecule has 0 unspecified atom stereocenters. The molecule has 1 heteroatoms. The zero-order valence-corrected chi connectivity index (χ0v) is 26.3. The van der Waals surface area contributed by atoms with Crippen LogP contribution in [0.2, 0.25) is 0 Å². The Labute approximate surface area is 296 Å². The van der Waals surface area contributed by atoms with Crippen molar-refractivity contribution in [2.45, 2.75) is 0 Å². The molecule has 8 aromatic carbocycles. The second-order valence-corrected chi connectivity index (χ2v) is 12.0. The first-order valence-corrected chi connectivity index (χ1v) is 16.2. The fraction of sp³-hybridized carbons (Fsp3) is 0. The molecule has 0 aliphatic heterocycles. The van der Waals surface area contributed by atoms with Crippen molar-refractivity contribution in [1.29, 1.82) is 0 Å². The zero-order valence-electron chi connectivity index (χ0n) is 33.3. The largest absolute Gasteiger partial charge is 0.456 e. The molecule has 0 saturated carbocycles. The molecule has 9 rings (SSSR count). The summed E-state index contributed by atoms with van der Waals surface area (Å²) >= 11 is 0. The molecule has 49 heavy (non-hydrogen) atoms. The highest BCUT2D eigenvalue weighted by molar-refractivity contribution is 6.06. The number of hydrogen-bond donors (Lipinski definition) is 0. The van der Waals surface area contributed by atoms with Crippen LogP contribution in [-0.4, -0.2) is 0 Å². The van der Waals surface area contributed by atoms with Gasteiger partial charge in [0.15, 0.2) is 0 Å². The van der Waals surface area contributed by atoms with Gasteiger partial charge in [0.25, 0.3) is 0 Å². The Bertz CT molecular complexity index is 2850. The highest BCUT2D eigenvalue weighted by atomic mass is 16.3. The van der Waals surface area contributed by atoms with Crippen molar-refractivity contribution in [1.82, 2.24) is 0 Å². The van der Waals surface area contributed by atoms with E-state index in [1.165, 1.54) is 0 Å². The van der Waals surface area contributed by atoms with Gasteiger partial charge in [-0.15, -0.1) is 0 Å². The fourth-order valence-corrected chi connectivity index (χ4v) is 6.39. The number of furan rings is 1. The van der Waals surface area contributed by atoms with Gasteiger partial charge in [0.1, 0.15) is 11.2 Å². The highest BCUT2D eigenvalue weighted by Gasteiger charge is 2.12. The molecule has 0 fully saturated rings. The topological polar surface area (TPSA) is 13.1 Å². The van der Waals surface area contributed by atoms with Crippen molar-refractivity contribution in [2.24, 2.45) is 0 Å². The van der Waals surface area contributed by atoms with Gasteiger partial charge in [0.05, 0.1) is 9.60 Å². The highest BCUT2D eigenvalue weighted by Crippen LogP contribution is 2.37. The molecular weight excluding hydrogens is 593 g/mol. The molecule has 0 amide bonds. The summed E-state index contributed by atoms with van der Waals surface area (Å²) in [6.45, 7) is 0. The maximum absolute atomic E-state index is 9.21. The van der Waals surface area contributed by atoms with E-state index in [-0.39, 0.29) is 57.7 Å². The van der Waals surface area contributed by atoms with Crippen LogP contribution < -0.4 is 0 Å². The van der Waals surface area contributed by atoms with Crippen LogP contribution >= 0.6 is 0 Å². The Balaban J connectivity index is 1.18. The van der Waals surface area contributed by atoms with E-state index >= 15 is 0 Å². The predicted octanol–water partition coefficient (Wildman–Crippen LogP) is 13.6. The minimum absolute atomic E-state index is 0.0104. The summed E-state index contributed by atoms with van der Waals surface area (Å²) < 4.78 is 66.4. The third kappa shape index (κ3) is 5.62. The number of hydrogen-bond acceptors (Lipinski definition) is 1. The minimum atomic E-state index is -0.459. The molecular formula is C48H32O. The molecule has 0 N–H and O–H groups in total. The van der Waals surface area contributed by atoms with Crippen LogP contribution in [-0.2, 0) is 0 Å². The average molecular weight is 632 g/mol. The lowest BCUT2D eigenvalue weighted by Gasteiger charge is -2.13. The van der Waals surface area contributed by atoms with Crippen LogP contribution in [0.1, 0.15) is 9.60 Å². The van der Waals surface area contributed by atoms with Gasteiger partial charge < -0.3 is 4.42 Å². The van der Waals surface area contributed by atoms with Gasteiger partial charge in [0.2, 0.25) is 0 Å². The second-order valence-electron chi connectivity index (χ2n) is 12.0. The molecule has 1 heterocycles. The molecule has 1 aromatic heterocycles. The summed E-state index contributed by atoms with van der Waals surface area (Å²) in [5, 5.41) is 0.0482. The first-order valence-electron chi connectivity index (χ1n) is 19.7. The standard InChI is InChI=1S/C48H32O/c1-3-10-33(11-4-1)35-18-22-37(23-19-35)42-29-43(38-24-20-36(21-25-38)34-12-5-2-6-13-34)31-44(30-42)40-15-9-14-39(28-40)41-26-27-46-45-16-7-8-17-47(45)49-48(46)32-41/h1-32H/i7D,8D,16D,17D,26D,27D,32D. The molecule has 9 aromatic rings. The zero-order chi connectivity index (χ0) is 38.7. The summed E-state index contributed by atoms with van der Waals surface area (Å²) in [6, 6.07) is 49.4. The smallest absolute Gasteiger partial charge is 0.136 e. The Morgan fingerprint density at radius 3 is 1.29 bits per heavy atom. The van der Waals surface area contributed by atoms with Crippen LogP contribution in [0.25, 0.3) is 88.7 Å². The van der Waals surface area contributed by atoms with Gasteiger partial charge in [-0.3, -0.25) is 0 Å². The fourth-order valence-electron chi connectivity index (χ4n) is 6.39. The van der Waals surface area contributed by atoms with Gasteiger partial charge in [-0.05, 0) is 109 Å². The molecule has 0 aliphatic rings. The van der Waals surface area contributed by atoms with Crippen molar-refractivity contribution < 1.29 is 14.0 Å². The van der Waals surface area contributed by atoms with E-state index in [0.29, 0.717) is 5.56 Å². The molecule has 0 bridgehead atoms. The molecule has 0 atom stereocenters. The van der Waals surface area contributed by atoms with Crippen LogP contribution in [0.15, 0.2) is 198 Å². The van der Waals surface area contributed by atoms with E-state index < -0.39 is 12.1 Å². The van der Waals surface area contributed by atoms with Crippen LogP contribution in [0.5, 0.6) is 0 Å². The quantitative estimate of drug-likeness (QED) is 0.178. The van der Waals surface area contributed by atoms with E-state index in [4.69, 9.17) is 12.6 Å². The van der Waals surface area contributed by atoms with Gasteiger partial charge in [0, 0.05) is 10.8 Å². The SMILES string of the molecule is [2H]c1c([2H])c([2H])c2c(oc3c([2H])c(-c4cccc(-c5cc(-c6ccc(-c7ccccc7)cc6)cc(-c6ccc(-c7ccccc7)cc6)c5)c4)c([2H])c([2H])c32)c1[2H]. The van der Waals surface area contributed by atoms with Crippen molar-refractivity contribution in [3.05, 3.63) is 194 Å². The summed E-state index contributed by atoms with van der Waals surface area (Å²) in [6.07, 6.45) is 0. The minimum Gasteiger partial charge on any atom is -0.456 e. The third-order valence-corrected chi connectivity index (χ3v) is 8.95. The molecule has 1 nitrogen and oxygen atoms in total. The Morgan fingerprint density at radius 2 is 0.714 bits per heavy atom. The number of rotatable bonds is 6. The van der Waals surface area contributed by atoms with E-state index in [9.17, 15) is 1.37 Å². The van der Waals surface area contributed by atoms with Crippen molar-refractivity contribution in [2.75, 3.05) is 0 Å². The normalized spacial score (nSPS) is 13.3. The first-order chi connectivity index (χ1) is 27.2. The van der Waals surface area contributed by atoms with Crippen molar-refractivity contribution in [3.63, 3.8) is 0 Å². The molecule has 0 aliphatic carbocycles. The Morgan fingerprint density at radius 1 is 0.306 bits per heavy atom. The predicted molar refractivity (Wildman–Crippen MR) is 206 cm³/mol. The third-order valence-electron chi connectivity index (χ3n) is 8.95. The number of benzene rings is 8. The Hall–Kier alpha value is -6.44. The monoisotopic (exact) mass is 631 g/mol. The van der Waals surface area contributed by atoms with Gasteiger partial charge in [-0.1, -0.05) is 152 Å². The van der Waals surface area contributed by atoms with Crippen molar-refractivity contribution in [3.8, 4) is 66.8 Å². The van der Waals surface area contributed by atoms with Crippen LogP contribution in [0.3, 0.4) is 0 Å². The van der Waals surface area contributed by atoms with Crippen molar-refractivity contribution >= 4 is 21.9 Å². The number of fused-ring (bicyclic) bond motifs is 3. The van der Waals surface area contributed by atoms with Crippen LogP contribution in [0.4, 0.5) is 0 Å². The Kier molecular flexibility index (Phi) is 5.57. The summed E-state index contributed by atoms with van der Waals surface area (Å²) in [5.74, 6) is 0. The molecule has 0 spiro atoms.